The fourth-order valence-corrected chi connectivity index (χ4v) is 4.04. The summed E-state index contributed by atoms with van der Waals surface area (Å²) >= 11 is 1.81. The average Bonchev–Trinajstić information content (AvgIpc) is 2.97. The highest BCUT2D eigenvalue weighted by Crippen LogP contribution is 2.37. The SMILES string of the molecule is Cc1ccsc1C(NN)C1Cc2ccccc2C1. The fourth-order valence-electron chi connectivity index (χ4n) is 2.96. The van der Waals surface area contributed by atoms with E-state index in [1.165, 1.54) is 21.6 Å². The largest absolute Gasteiger partial charge is 0.271 e. The van der Waals surface area contributed by atoms with E-state index < -0.39 is 0 Å². The van der Waals surface area contributed by atoms with Gasteiger partial charge >= 0.3 is 0 Å². The number of hydrogen-bond acceptors (Lipinski definition) is 3. The lowest BCUT2D eigenvalue weighted by atomic mass is 9.94. The van der Waals surface area contributed by atoms with Gasteiger partial charge in [-0.3, -0.25) is 11.3 Å². The number of hydrazine groups is 1. The topological polar surface area (TPSA) is 38.0 Å². The van der Waals surface area contributed by atoms with Crippen molar-refractivity contribution in [2.45, 2.75) is 25.8 Å². The second-order valence-electron chi connectivity index (χ2n) is 5.05. The Morgan fingerprint density at radius 2 is 1.89 bits per heavy atom. The van der Waals surface area contributed by atoms with Crippen LogP contribution in [0.15, 0.2) is 35.7 Å². The first-order chi connectivity index (χ1) is 8.79. The summed E-state index contributed by atoms with van der Waals surface area (Å²) in [5.41, 5.74) is 7.35. The molecule has 2 nitrogen and oxygen atoms in total. The zero-order valence-electron chi connectivity index (χ0n) is 10.5. The van der Waals surface area contributed by atoms with E-state index in [1.807, 2.05) is 0 Å². The van der Waals surface area contributed by atoms with Crippen LogP contribution in [0.3, 0.4) is 0 Å². The molecule has 0 spiro atoms. The number of thiophene rings is 1. The molecule has 94 valence electrons. The maximum absolute atomic E-state index is 5.80. The van der Waals surface area contributed by atoms with Gasteiger partial charge in [0.1, 0.15) is 0 Å². The molecule has 3 N–H and O–H groups in total. The van der Waals surface area contributed by atoms with Crippen molar-refractivity contribution in [1.29, 1.82) is 0 Å². The lowest BCUT2D eigenvalue weighted by Gasteiger charge is -2.22. The van der Waals surface area contributed by atoms with E-state index in [1.54, 1.807) is 11.3 Å². The van der Waals surface area contributed by atoms with E-state index in [-0.39, 0.29) is 6.04 Å². The predicted octanol–water partition coefficient (Wildman–Crippen LogP) is 2.98. The number of fused-ring (bicyclic) bond motifs is 1. The Labute approximate surface area is 112 Å². The van der Waals surface area contributed by atoms with E-state index in [4.69, 9.17) is 5.84 Å². The van der Waals surface area contributed by atoms with Gasteiger partial charge in [0.25, 0.3) is 0 Å². The van der Waals surface area contributed by atoms with Crippen LogP contribution >= 0.6 is 11.3 Å². The maximum Gasteiger partial charge on any atom is 0.0590 e. The third-order valence-electron chi connectivity index (χ3n) is 3.92. The monoisotopic (exact) mass is 258 g/mol. The molecule has 18 heavy (non-hydrogen) atoms. The normalized spacial score (nSPS) is 16.8. The molecule has 1 aromatic carbocycles. The molecule has 1 aromatic heterocycles. The van der Waals surface area contributed by atoms with Gasteiger partial charge in [-0.1, -0.05) is 24.3 Å². The molecule has 1 atom stereocenters. The van der Waals surface area contributed by atoms with Crippen LogP contribution in [0.2, 0.25) is 0 Å². The summed E-state index contributed by atoms with van der Waals surface area (Å²) in [5, 5.41) is 2.15. The molecule has 0 fully saturated rings. The summed E-state index contributed by atoms with van der Waals surface area (Å²) in [6.45, 7) is 2.16. The molecule has 2 aromatic rings. The van der Waals surface area contributed by atoms with Crippen LogP contribution in [0.5, 0.6) is 0 Å². The van der Waals surface area contributed by atoms with Gasteiger partial charge in [-0.2, -0.15) is 0 Å². The van der Waals surface area contributed by atoms with E-state index >= 15 is 0 Å². The van der Waals surface area contributed by atoms with E-state index in [0.29, 0.717) is 5.92 Å². The molecule has 1 unspecified atom stereocenters. The molecule has 1 heterocycles. The molecule has 0 bridgehead atoms. The molecule has 3 rings (SSSR count). The number of rotatable bonds is 3. The zero-order chi connectivity index (χ0) is 12.5. The Morgan fingerprint density at radius 3 is 2.39 bits per heavy atom. The Hall–Kier alpha value is -1.16. The van der Waals surface area contributed by atoms with Gasteiger partial charge < -0.3 is 0 Å². The lowest BCUT2D eigenvalue weighted by Crippen LogP contribution is -2.33. The van der Waals surface area contributed by atoms with E-state index in [0.717, 1.165) is 12.8 Å². The minimum Gasteiger partial charge on any atom is -0.271 e. The van der Waals surface area contributed by atoms with Gasteiger partial charge in [0.05, 0.1) is 6.04 Å². The summed E-state index contributed by atoms with van der Waals surface area (Å²) in [6, 6.07) is 11.2. The van der Waals surface area contributed by atoms with Crippen molar-refractivity contribution < 1.29 is 0 Å². The average molecular weight is 258 g/mol. The van der Waals surface area contributed by atoms with Gasteiger partial charge in [-0.05, 0) is 53.8 Å². The summed E-state index contributed by atoms with van der Waals surface area (Å²) in [5.74, 6) is 6.38. The molecule has 1 aliphatic rings. The van der Waals surface area contributed by atoms with Crippen LogP contribution < -0.4 is 11.3 Å². The quantitative estimate of drug-likeness (QED) is 0.656. The molecule has 3 heteroatoms. The second kappa shape index (κ2) is 4.84. The van der Waals surface area contributed by atoms with Crippen molar-refractivity contribution in [3.63, 3.8) is 0 Å². The number of aryl methyl sites for hydroxylation is 1. The van der Waals surface area contributed by atoms with Crippen molar-refractivity contribution >= 4 is 11.3 Å². The first-order valence-corrected chi connectivity index (χ1v) is 7.24. The van der Waals surface area contributed by atoms with Crippen LogP contribution in [-0.2, 0) is 12.8 Å². The van der Waals surface area contributed by atoms with Crippen LogP contribution in [0, 0.1) is 12.8 Å². The molecule has 0 amide bonds. The Balaban J connectivity index is 1.86. The maximum atomic E-state index is 5.80. The first kappa shape index (κ1) is 11.9. The highest BCUT2D eigenvalue weighted by atomic mass is 32.1. The van der Waals surface area contributed by atoms with Gasteiger partial charge in [0.2, 0.25) is 0 Å². The Kier molecular flexibility index (Phi) is 3.20. The first-order valence-electron chi connectivity index (χ1n) is 6.36. The molecular formula is C15H18N2S. The summed E-state index contributed by atoms with van der Waals surface area (Å²) < 4.78 is 0. The van der Waals surface area contributed by atoms with Crippen molar-refractivity contribution in [3.8, 4) is 0 Å². The molecule has 0 radical (unpaired) electrons. The summed E-state index contributed by atoms with van der Waals surface area (Å²) in [7, 11) is 0. The molecule has 0 saturated carbocycles. The van der Waals surface area contributed by atoms with Crippen LogP contribution in [0.4, 0.5) is 0 Å². The van der Waals surface area contributed by atoms with Gasteiger partial charge in [-0.25, -0.2) is 0 Å². The molecule has 0 saturated heterocycles. The van der Waals surface area contributed by atoms with Crippen molar-refractivity contribution in [3.05, 3.63) is 57.3 Å². The third kappa shape index (κ3) is 1.99. The summed E-state index contributed by atoms with van der Waals surface area (Å²) in [6.07, 6.45) is 2.25. The standard InChI is InChI=1S/C15H18N2S/c1-10-6-7-18-15(10)14(17-16)13-8-11-4-2-3-5-12(11)9-13/h2-7,13-14,17H,8-9,16H2,1H3. The fraction of sp³-hybridized carbons (Fsp3) is 0.333. The van der Waals surface area contributed by atoms with Crippen LogP contribution in [0.1, 0.15) is 27.6 Å². The van der Waals surface area contributed by atoms with Crippen molar-refractivity contribution in [1.82, 2.24) is 5.43 Å². The van der Waals surface area contributed by atoms with E-state index in [2.05, 4.69) is 48.1 Å². The van der Waals surface area contributed by atoms with Crippen molar-refractivity contribution in [2.75, 3.05) is 0 Å². The second-order valence-corrected chi connectivity index (χ2v) is 6.00. The lowest BCUT2D eigenvalue weighted by molar-refractivity contribution is 0.384. The molecule has 1 aliphatic carbocycles. The van der Waals surface area contributed by atoms with Gasteiger partial charge in [0, 0.05) is 4.88 Å². The number of nitrogens with one attached hydrogen (secondary N) is 1. The minimum atomic E-state index is 0.275. The van der Waals surface area contributed by atoms with Crippen molar-refractivity contribution in [2.24, 2.45) is 11.8 Å². The van der Waals surface area contributed by atoms with Crippen LogP contribution in [-0.4, -0.2) is 0 Å². The summed E-state index contributed by atoms with van der Waals surface area (Å²) in [4.78, 5) is 1.38. The Morgan fingerprint density at radius 1 is 1.22 bits per heavy atom. The number of hydrogen-bond donors (Lipinski definition) is 2. The highest BCUT2D eigenvalue weighted by Gasteiger charge is 2.30. The van der Waals surface area contributed by atoms with Crippen LogP contribution in [0.25, 0.3) is 0 Å². The molecular weight excluding hydrogens is 240 g/mol. The third-order valence-corrected chi connectivity index (χ3v) is 5.02. The highest BCUT2D eigenvalue weighted by molar-refractivity contribution is 7.10. The van der Waals surface area contributed by atoms with E-state index in [9.17, 15) is 0 Å². The minimum absolute atomic E-state index is 0.275. The number of benzene rings is 1. The smallest absolute Gasteiger partial charge is 0.0590 e. The van der Waals surface area contributed by atoms with Gasteiger partial charge in [0.15, 0.2) is 0 Å². The predicted molar refractivity (Wildman–Crippen MR) is 76.5 cm³/mol. The number of nitrogens with two attached hydrogens (primary N) is 1. The Bertz CT molecular complexity index is 522. The zero-order valence-corrected chi connectivity index (χ0v) is 11.3. The van der Waals surface area contributed by atoms with Gasteiger partial charge in [-0.15, -0.1) is 11.3 Å². The molecule has 0 aliphatic heterocycles.